The first kappa shape index (κ1) is 23.8. The van der Waals surface area contributed by atoms with E-state index in [0.717, 1.165) is 41.6 Å². The monoisotopic (exact) mass is 465 g/mol. The predicted octanol–water partition coefficient (Wildman–Crippen LogP) is 2.97. The van der Waals surface area contributed by atoms with Crippen LogP contribution in [0.25, 0.3) is 11.1 Å². The standard InChI is InChI=1S/C26H31N3O5/c1-29-14-6-7-17(29)15-27-25(32)23(12-13-24(30)31)28-26(33)34-16-22-20-10-4-2-8-18(20)19-9-3-5-11-21(19)22/h2-5,8-11,17,22-23H,6-7,12-16H2,1H3,(H,27,32)(H,28,33)(H,30,31). The van der Waals surface area contributed by atoms with E-state index in [1.165, 1.54) is 0 Å². The van der Waals surface area contributed by atoms with E-state index in [1.54, 1.807) is 0 Å². The molecule has 1 fully saturated rings. The fourth-order valence-electron chi connectivity index (χ4n) is 4.90. The topological polar surface area (TPSA) is 108 Å². The molecule has 2 aromatic rings. The lowest BCUT2D eigenvalue weighted by Gasteiger charge is -2.23. The molecule has 2 aliphatic rings. The average molecular weight is 466 g/mol. The Morgan fingerprint density at radius 2 is 1.74 bits per heavy atom. The third-order valence-electron chi connectivity index (χ3n) is 6.78. The van der Waals surface area contributed by atoms with E-state index in [0.29, 0.717) is 6.54 Å². The lowest BCUT2D eigenvalue weighted by molar-refractivity contribution is -0.137. The molecule has 1 aliphatic carbocycles. The van der Waals surface area contributed by atoms with Crippen LogP contribution in [0.3, 0.4) is 0 Å². The number of nitrogens with zero attached hydrogens (tertiary/aromatic N) is 1. The first-order chi connectivity index (χ1) is 16.4. The summed E-state index contributed by atoms with van der Waals surface area (Å²) in [7, 11) is 2.01. The van der Waals surface area contributed by atoms with E-state index >= 15 is 0 Å². The van der Waals surface area contributed by atoms with E-state index in [2.05, 4.69) is 27.7 Å². The third kappa shape index (κ3) is 5.39. The highest BCUT2D eigenvalue weighted by atomic mass is 16.5. The summed E-state index contributed by atoms with van der Waals surface area (Å²) in [6.07, 6.45) is 1.11. The normalized spacial score (nSPS) is 18.1. The zero-order chi connectivity index (χ0) is 24.1. The van der Waals surface area contributed by atoms with Gasteiger partial charge in [0.25, 0.3) is 0 Å². The number of carbonyl (C=O) groups is 3. The Morgan fingerprint density at radius 1 is 1.09 bits per heavy atom. The van der Waals surface area contributed by atoms with Gasteiger partial charge in [0, 0.05) is 24.9 Å². The maximum Gasteiger partial charge on any atom is 0.407 e. The molecule has 1 saturated heterocycles. The highest BCUT2D eigenvalue weighted by Gasteiger charge is 2.30. The third-order valence-corrected chi connectivity index (χ3v) is 6.78. The van der Waals surface area contributed by atoms with E-state index in [9.17, 15) is 14.4 Å². The van der Waals surface area contributed by atoms with Gasteiger partial charge in [-0.1, -0.05) is 48.5 Å². The quantitative estimate of drug-likeness (QED) is 0.526. The average Bonchev–Trinajstić information content (AvgIpc) is 3.39. The number of amides is 2. The van der Waals surface area contributed by atoms with Gasteiger partial charge in [-0.2, -0.15) is 0 Å². The number of nitrogens with one attached hydrogen (secondary N) is 2. The Morgan fingerprint density at radius 3 is 2.32 bits per heavy atom. The van der Waals surface area contributed by atoms with Gasteiger partial charge in [-0.25, -0.2) is 4.79 Å². The number of hydrogen-bond acceptors (Lipinski definition) is 5. The van der Waals surface area contributed by atoms with Gasteiger partial charge in [0.15, 0.2) is 0 Å². The molecule has 2 atom stereocenters. The molecule has 1 aliphatic heterocycles. The summed E-state index contributed by atoms with van der Waals surface area (Å²) in [6, 6.07) is 15.4. The summed E-state index contributed by atoms with van der Waals surface area (Å²) in [5.74, 6) is -1.51. The van der Waals surface area contributed by atoms with Crippen molar-refractivity contribution in [2.75, 3.05) is 26.7 Å². The number of aliphatic carboxylic acids is 1. The molecule has 0 saturated carbocycles. The molecule has 8 heteroatoms. The van der Waals surface area contributed by atoms with Crippen LogP contribution in [-0.4, -0.2) is 66.8 Å². The fourth-order valence-corrected chi connectivity index (χ4v) is 4.90. The summed E-state index contributed by atoms with van der Waals surface area (Å²) < 4.78 is 5.54. The minimum atomic E-state index is -1.03. The number of carboxylic acid groups (broad SMARTS) is 1. The number of carboxylic acids is 1. The molecule has 4 rings (SSSR count). The van der Waals surface area contributed by atoms with Crippen LogP contribution >= 0.6 is 0 Å². The van der Waals surface area contributed by atoms with Gasteiger partial charge in [-0.3, -0.25) is 9.59 Å². The zero-order valence-electron chi connectivity index (χ0n) is 19.3. The molecule has 34 heavy (non-hydrogen) atoms. The summed E-state index contributed by atoms with van der Waals surface area (Å²) in [5, 5.41) is 14.5. The van der Waals surface area contributed by atoms with Crippen LogP contribution in [0.1, 0.15) is 42.7 Å². The maximum absolute atomic E-state index is 12.7. The largest absolute Gasteiger partial charge is 0.481 e. The number of hydrogen-bond donors (Lipinski definition) is 3. The van der Waals surface area contributed by atoms with Crippen molar-refractivity contribution in [2.24, 2.45) is 0 Å². The van der Waals surface area contributed by atoms with Crippen LogP contribution < -0.4 is 10.6 Å². The molecule has 8 nitrogen and oxygen atoms in total. The highest BCUT2D eigenvalue weighted by molar-refractivity contribution is 5.86. The van der Waals surface area contributed by atoms with Crippen molar-refractivity contribution in [3.8, 4) is 11.1 Å². The summed E-state index contributed by atoms with van der Waals surface area (Å²) >= 11 is 0. The number of fused-ring (bicyclic) bond motifs is 3. The number of likely N-dealkylation sites (tertiary alicyclic amines) is 1. The number of rotatable bonds is 9. The van der Waals surface area contributed by atoms with E-state index in [-0.39, 0.29) is 31.4 Å². The molecule has 180 valence electrons. The molecule has 2 amide bonds. The first-order valence-corrected chi connectivity index (χ1v) is 11.7. The molecule has 2 aromatic carbocycles. The molecule has 0 aromatic heterocycles. The lowest BCUT2D eigenvalue weighted by atomic mass is 9.98. The van der Waals surface area contributed by atoms with Gasteiger partial charge in [-0.15, -0.1) is 0 Å². The molecule has 1 heterocycles. The number of ether oxygens (including phenoxy) is 1. The van der Waals surface area contributed by atoms with Crippen molar-refractivity contribution in [3.63, 3.8) is 0 Å². The van der Waals surface area contributed by atoms with Crippen LogP contribution in [-0.2, 0) is 14.3 Å². The number of carbonyl (C=O) groups excluding carboxylic acids is 2. The lowest BCUT2D eigenvalue weighted by Crippen LogP contribution is -2.49. The van der Waals surface area contributed by atoms with Gasteiger partial charge in [-0.05, 0) is 55.1 Å². The van der Waals surface area contributed by atoms with Crippen molar-refractivity contribution >= 4 is 18.0 Å². The molecule has 3 N–H and O–H groups in total. The Balaban J connectivity index is 1.37. The summed E-state index contributed by atoms with van der Waals surface area (Å²) in [4.78, 5) is 38.6. The van der Waals surface area contributed by atoms with Crippen molar-refractivity contribution in [3.05, 3.63) is 59.7 Å². The van der Waals surface area contributed by atoms with Gasteiger partial charge in [0.1, 0.15) is 12.6 Å². The van der Waals surface area contributed by atoms with Crippen molar-refractivity contribution in [1.82, 2.24) is 15.5 Å². The minimum Gasteiger partial charge on any atom is -0.481 e. The van der Waals surface area contributed by atoms with Gasteiger partial charge < -0.3 is 25.4 Å². The van der Waals surface area contributed by atoms with E-state index < -0.39 is 24.0 Å². The van der Waals surface area contributed by atoms with Crippen molar-refractivity contribution in [2.45, 2.75) is 43.7 Å². The minimum absolute atomic E-state index is 0.00807. The Labute approximate surface area is 199 Å². The van der Waals surface area contributed by atoms with E-state index in [4.69, 9.17) is 9.84 Å². The second-order valence-corrected chi connectivity index (χ2v) is 8.98. The van der Waals surface area contributed by atoms with Crippen molar-refractivity contribution < 1.29 is 24.2 Å². The zero-order valence-corrected chi connectivity index (χ0v) is 19.3. The Kier molecular flexibility index (Phi) is 7.47. The van der Waals surface area contributed by atoms with Crippen molar-refractivity contribution in [1.29, 1.82) is 0 Å². The maximum atomic E-state index is 12.7. The van der Waals surface area contributed by atoms with Gasteiger partial charge >= 0.3 is 12.1 Å². The smallest absolute Gasteiger partial charge is 0.407 e. The number of likely N-dealkylation sites (N-methyl/N-ethyl adjacent to an activating group) is 1. The van der Waals surface area contributed by atoms with Gasteiger partial charge in [0.2, 0.25) is 5.91 Å². The second kappa shape index (κ2) is 10.7. The van der Waals surface area contributed by atoms with Crippen LogP contribution in [0.2, 0.25) is 0 Å². The molecular weight excluding hydrogens is 434 g/mol. The summed E-state index contributed by atoms with van der Waals surface area (Å²) in [6.45, 7) is 1.58. The molecule has 0 radical (unpaired) electrons. The fraction of sp³-hybridized carbons (Fsp3) is 0.423. The second-order valence-electron chi connectivity index (χ2n) is 8.98. The van der Waals surface area contributed by atoms with Crippen LogP contribution in [0.15, 0.2) is 48.5 Å². The van der Waals surface area contributed by atoms with Crippen LogP contribution in [0, 0.1) is 0 Å². The number of alkyl carbamates (subject to hydrolysis) is 1. The van der Waals surface area contributed by atoms with Crippen LogP contribution in [0.4, 0.5) is 4.79 Å². The molecule has 0 spiro atoms. The Hall–Kier alpha value is -3.39. The Bertz CT molecular complexity index is 1010. The predicted molar refractivity (Wildman–Crippen MR) is 128 cm³/mol. The number of benzene rings is 2. The highest BCUT2D eigenvalue weighted by Crippen LogP contribution is 2.44. The van der Waals surface area contributed by atoms with Gasteiger partial charge in [0.05, 0.1) is 0 Å². The molecule has 2 unspecified atom stereocenters. The molecular formula is C26H31N3O5. The summed E-state index contributed by atoms with van der Waals surface area (Å²) in [5.41, 5.74) is 4.44. The molecule has 0 bridgehead atoms. The van der Waals surface area contributed by atoms with E-state index in [1.807, 2.05) is 43.4 Å². The van der Waals surface area contributed by atoms with Crippen LogP contribution in [0.5, 0.6) is 0 Å². The first-order valence-electron chi connectivity index (χ1n) is 11.7. The SMILES string of the molecule is CN1CCCC1CNC(=O)C(CCC(=O)O)NC(=O)OCC1c2ccccc2-c2ccccc21.